The van der Waals surface area contributed by atoms with Crippen LogP contribution >= 0.6 is 23.2 Å². The summed E-state index contributed by atoms with van der Waals surface area (Å²) in [5, 5.41) is 19.2. The summed E-state index contributed by atoms with van der Waals surface area (Å²) in [6.07, 6.45) is 4.84. The number of benzene rings is 1. The van der Waals surface area contributed by atoms with Crippen LogP contribution in [-0.2, 0) is 4.79 Å². The van der Waals surface area contributed by atoms with Crippen LogP contribution in [0.2, 0.25) is 10.0 Å². The van der Waals surface area contributed by atoms with Crippen LogP contribution in [0.1, 0.15) is 26.3 Å². The van der Waals surface area contributed by atoms with E-state index in [0.29, 0.717) is 11.3 Å². The molecular weight excluding hydrogens is 644 g/mol. The number of fused-ring (bicyclic) bond motifs is 1. The van der Waals surface area contributed by atoms with E-state index in [9.17, 15) is 24.3 Å². The van der Waals surface area contributed by atoms with Crippen molar-refractivity contribution in [2.24, 2.45) is 5.92 Å². The molecule has 0 bridgehead atoms. The second kappa shape index (κ2) is 12.4. The van der Waals surface area contributed by atoms with Crippen LogP contribution in [0.4, 0.5) is 18.9 Å². The second-order valence-corrected chi connectivity index (χ2v) is 12.2. The quantitative estimate of drug-likeness (QED) is 0.204. The lowest BCUT2D eigenvalue weighted by Crippen LogP contribution is -2.49. The molecule has 1 N–H and O–H groups in total. The summed E-state index contributed by atoms with van der Waals surface area (Å²) >= 11 is 12.4. The maximum Gasteiger partial charge on any atom is 0.276 e. The molecule has 1 amide bonds. The summed E-state index contributed by atoms with van der Waals surface area (Å²) in [7, 11) is 1.83. The lowest BCUT2D eigenvalue weighted by Gasteiger charge is -2.38. The molecule has 0 spiro atoms. The number of aromatic hydroxyl groups is 1. The van der Waals surface area contributed by atoms with Crippen LogP contribution in [-0.4, -0.2) is 69.6 Å². The fourth-order valence-corrected chi connectivity index (χ4v) is 6.56. The number of pyridine rings is 2. The van der Waals surface area contributed by atoms with E-state index in [1.165, 1.54) is 16.7 Å². The topological polar surface area (TPSA) is 106 Å². The summed E-state index contributed by atoms with van der Waals surface area (Å²) < 4.78 is 46.2. The third-order valence-corrected chi connectivity index (χ3v) is 8.92. The Bertz CT molecular complexity index is 1950. The van der Waals surface area contributed by atoms with E-state index in [4.69, 9.17) is 23.2 Å². The Kier molecular flexibility index (Phi) is 8.86. The van der Waals surface area contributed by atoms with Crippen molar-refractivity contribution in [1.29, 1.82) is 5.26 Å². The molecule has 46 heavy (non-hydrogen) atoms. The largest absolute Gasteiger partial charge is 0.503 e. The summed E-state index contributed by atoms with van der Waals surface area (Å²) in [4.78, 5) is 36.4. The highest BCUT2D eigenvalue weighted by Crippen LogP contribution is 2.43. The van der Waals surface area contributed by atoms with E-state index in [1.807, 2.05) is 38.1 Å². The number of phenolic OH excluding ortho intramolecular Hbond substituents is 1. The number of amides is 1. The number of phenols is 1. The van der Waals surface area contributed by atoms with Crippen molar-refractivity contribution in [1.82, 2.24) is 19.4 Å². The van der Waals surface area contributed by atoms with E-state index in [1.54, 1.807) is 22.8 Å². The molecule has 0 radical (unpaired) electrons. The van der Waals surface area contributed by atoms with Crippen molar-refractivity contribution in [3.63, 3.8) is 0 Å². The first-order valence-electron chi connectivity index (χ1n) is 14.3. The number of nitrogens with zero attached hydrogens (tertiary/aromatic N) is 6. The van der Waals surface area contributed by atoms with E-state index >= 15 is 8.78 Å². The van der Waals surface area contributed by atoms with Gasteiger partial charge >= 0.3 is 0 Å². The van der Waals surface area contributed by atoms with Gasteiger partial charge < -0.3 is 19.8 Å². The summed E-state index contributed by atoms with van der Waals surface area (Å²) in [6.45, 7) is 10.2. The molecule has 2 aromatic heterocycles. The van der Waals surface area contributed by atoms with Crippen molar-refractivity contribution >= 4 is 51.5 Å². The summed E-state index contributed by atoms with van der Waals surface area (Å²) in [5.41, 5.74) is -1.26. The van der Waals surface area contributed by atoms with Gasteiger partial charge in [-0.25, -0.2) is 18.2 Å². The van der Waals surface area contributed by atoms with Gasteiger partial charge in [0.1, 0.15) is 22.3 Å². The Morgan fingerprint density at radius 3 is 2.41 bits per heavy atom. The summed E-state index contributed by atoms with van der Waals surface area (Å²) in [6, 6.07) is 2.97. The van der Waals surface area contributed by atoms with Crippen molar-refractivity contribution in [2.75, 3.05) is 38.1 Å². The van der Waals surface area contributed by atoms with Crippen LogP contribution in [0, 0.1) is 34.7 Å². The molecule has 3 aromatic rings. The number of hydrogen-bond acceptors (Lipinski definition) is 7. The van der Waals surface area contributed by atoms with Gasteiger partial charge in [0, 0.05) is 38.6 Å². The average Bonchev–Trinajstić information content (AvgIpc) is 3.03. The molecule has 5 rings (SSSR count). The van der Waals surface area contributed by atoms with Gasteiger partial charge in [0.2, 0.25) is 5.91 Å². The van der Waals surface area contributed by atoms with Crippen LogP contribution < -0.4 is 10.5 Å². The molecule has 240 valence electrons. The number of allylic oxidation sites excluding steroid dienone is 2. The molecule has 2 aliphatic heterocycles. The van der Waals surface area contributed by atoms with Gasteiger partial charge in [0.25, 0.3) is 5.56 Å². The van der Waals surface area contributed by atoms with Gasteiger partial charge in [0.15, 0.2) is 23.2 Å². The van der Waals surface area contributed by atoms with Gasteiger partial charge in [-0.2, -0.15) is 5.26 Å². The molecule has 14 heteroatoms. The number of rotatable bonds is 5. The number of nitriles is 1. The van der Waals surface area contributed by atoms with Crippen molar-refractivity contribution in [2.45, 2.75) is 26.8 Å². The van der Waals surface area contributed by atoms with Gasteiger partial charge in [-0.1, -0.05) is 43.6 Å². The van der Waals surface area contributed by atoms with Crippen LogP contribution in [0.5, 0.6) is 5.75 Å². The van der Waals surface area contributed by atoms with E-state index < -0.39 is 51.1 Å². The number of aromatic nitrogens is 2. The minimum Gasteiger partial charge on any atom is -0.503 e. The fourth-order valence-electron chi connectivity index (χ4n) is 6.13. The van der Waals surface area contributed by atoms with E-state index in [0.717, 1.165) is 0 Å². The number of anilines is 1. The Morgan fingerprint density at radius 1 is 1.17 bits per heavy atom. The number of halogens is 5. The van der Waals surface area contributed by atoms with Crippen molar-refractivity contribution in [3.8, 4) is 23.1 Å². The number of piperazine rings is 1. The third kappa shape index (κ3) is 5.17. The van der Waals surface area contributed by atoms with Crippen molar-refractivity contribution in [3.05, 3.63) is 80.0 Å². The smallest absolute Gasteiger partial charge is 0.276 e. The lowest BCUT2D eigenvalue weighted by atomic mass is 9.93. The molecule has 2 aliphatic rings. The lowest BCUT2D eigenvalue weighted by molar-refractivity contribution is -0.126. The van der Waals surface area contributed by atoms with E-state index in [2.05, 4.69) is 11.6 Å². The maximum atomic E-state index is 15.4. The molecule has 1 aromatic carbocycles. The Labute approximate surface area is 272 Å². The predicted molar refractivity (Wildman–Crippen MR) is 171 cm³/mol. The first-order chi connectivity index (χ1) is 21.7. The Morgan fingerprint density at radius 2 is 1.83 bits per heavy atom. The zero-order chi connectivity index (χ0) is 33.8. The molecule has 9 nitrogen and oxygen atoms in total. The number of carbonyl (C=O) groups excluding carboxylic acids is 1. The molecule has 0 aliphatic carbocycles. The first-order valence-corrected chi connectivity index (χ1v) is 15.0. The Balaban J connectivity index is 1.91. The molecule has 1 atom stereocenters. The number of likely N-dealkylation sites (N-methyl/N-ethyl adjacent to an activating group) is 1. The highest BCUT2D eigenvalue weighted by atomic mass is 35.5. The van der Waals surface area contributed by atoms with Gasteiger partial charge in [0.05, 0.1) is 33.7 Å². The van der Waals surface area contributed by atoms with E-state index in [-0.39, 0.29) is 65.3 Å². The minimum absolute atomic E-state index is 0.0583. The SMILES string of the molecule is C=CC(=O)N1CCN(c2c(C#N)c(=O)n(C3=C(C)C=CN(C)C3C(C)C)c3nc(-c4c(F)c(O)c(F)c(Cl)c4F)c(Cl)cc23)CC1. The molecule has 4 heterocycles. The zero-order valence-electron chi connectivity index (χ0n) is 25.3. The molecule has 1 fully saturated rings. The normalized spacial score (nSPS) is 16.9. The first kappa shape index (κ1) is 32.9. The second-order valence-electron chi connectivity index (χ2n) is 11.4. The fraction of sp³-hybridized carbons (Fsp3) is 0.312. The Hall–Kier alpha value is -4.47. The minimum atomic E-state index is -1.69. The molecule has 0 saturated carbocycles. The highest BCUT2D eigenvalue weighted by molar-refractivity contribution is 6.34. The molecule has 1 saturated heterocycles. The molecule has 1 unspecified atom stereocenters. The van der Waals surface area contributed by atoms with Gasteiger partial charge in [-0.3, -0.25) is 14.2 Å². The predicted octanol–water partition coefficient (Wildman–Crippen LogP) is 5.91. The van der Waals surface area contributed by atoms with Crippen molar-refractivity contribution < 1.29 is 23.1 Å². The van der Waals surface area contributed by atoms with Crippen LogP contribution in [0.25, 0.3) is 28.0 Å². The number of hydrogen-bond donors (Lipinski definition) is 1. The monoisotopic (exact) mass is 672 g/mol. The number of carbonyl (C=O) groups is 1. The third-order valence-electron chi connectivity index (χ3n) is 8.30. The van der Waals surface area contributed by atoms with Crippen LogP contribution in [0.15, 0.2) is 41.4 Å². The highest BCUT2D eigenvalue weighted by Gasteiger charge is 2.34. The average molecular weight is 674 g/mol. The summed E-state index contributed by atoms with van der Waals surface area (Å²) in [5.74, 6) is -6.78. The standard InChI is InChI=1S/C32H29Cl2F3N6O3/c1-6-20(44)41-9-11-42(12-10-41)29-17-13-19(33)26(21-23(35)22(34)25(37)30(45)24(21)36)39-31(17)43(32(46)18(29)14-38)28-16(4)7-8-40(5)27(28)15(2)3/h6-8,13,15,27,45H,1,9-12H2,2-5H3. The molecular formula is C32H29Cl2F3N6O3. The van der Waals surface area contributed by atoms with Gasteiger partial charge in [-0.15, -0.1) is 0 Å². The van der Waals surface area contributed by atoms with Gasteiger partial charge in [-0.05, 0) is 42.8 Å². The zero-order valence-corrected chi connectivity index (χ0v) is 26.8. The maximum absolute atomic E-state index is 15.4. The van der Waals surface area contributed by atoms with Crippen LogP contribution in [0.3, 0.4) is 0 Å².